The lowest BCUT2D eigenvalue weighted by Crippen LogP contribution is -2.48. The first-order valence-electron chi connectivity index (χ1n) is 9.31. The quantitative estimate of drug-likeness (QED) is 0.848. The highest BCUT2D eigenvalue weighted by Gasteiger charge is 2.17. The Hall–Kier alpha value is -2.60. The largest absolute Gasteiger partial charge is 0.378 e. The van der Waals surface area contributed by atoms with E-state index in [9.17, 15) is 9.18 Å². The molecule has 27 heavy (non-hydrogen) atoms. The van der Waals surface area contributed by atoms with Crippen molar-refractivity contribution in [3.63, 3.8) is 0 Å². The van der Waals surface area contributed by atoms with Gasteiger partial charge in [0.25, 0.3) is 5.91 Å². The first-order valence-corrected chi connectivity index (χ1v) is 9.31. The lowest BCUT2D eigenvalue weighted by Gasteiger charge is -2.36. The minimum Gasteiger partial charge on any atom is -0.378 e. The molecule has 3 rings (SSSR count). The third-order valence-electron chi connectivity index (χ3n) is 4.92. The van der Waals surface area contributed by atoms with Gasteiger partial charge in [-0.25, -0.2) is 4.39 Å². The van der Waals surface area contributed by atoms with E-state index in [1.165, 1.54) is 12.1 Å². The molecule has 1 aliphatic rings. The minimum atomic E-state index is -0.204. The molecule has 5 nitrogen and oxygen atoms in total. The Kier molecular flexibility index (Phi) is 6.29. The molecule has 0 atom stereocenters. The Bertz CT molecular complexity index is 738. The number of anilines is 2. The van der Waals surface area contributed by atoms with Gasteiger partial charge >= 0.3 is 0 Å². The van der Waals surface area contributed by atoms with Gasteiger partial charge in [-0.3, -0.25) is 9.69 Å². The van der Waals surface area contributed by atoms with Gasteiger partial charge in [-0.2, -0.15) is 0 Å². The minimum absolute atomic E-state index is 0.0368. The summed E-state index contributed by atoms with van der Waals surface area (Å²) in [7, 11) is 3.95. The Labute approximate surface area is 160 Å². The number of halogens is 1. The number of rotatable bonds is 6. The second-order valence-corrected chi connectivity index (χ2v) is 7.00. The van der Waals surface area contributed by atoms with Crippen molar-refractivity contribution in [2.75, 3.05) is 63.2 Å². The number of hydrogen-bond donors (Lipinski definition) is 1. The topological polar surface area (TPSA) is 38.8 Å². The maximum absolute atomic E-state index is 13.0. The molecule has 144 valence electrons. The molecule has 0 bridgehead atoms. The molecule has 2 aromatic carbocycles. The lowest BCUT2D eigenvalue weighted by atomic mass is 10.2. The summed E-state index contributed by atoms with van der Waals surface area (Å²) in [4.78, 5) is 18.9. The van der Waals surface area contributed by atoms with Crippen LogP contribution in [0, 0.1) is 5.82 Å². The number of carbonyl (C=O) groups is 1. The normalized spacial score (nSPS) is 14.9. The summed E-state index contributed by atoms with van der Waals surface area (Å²) in [5.41, 5.74) is 2.82. The van der Waals surface area contributed by atoms with Crippen molar-refractivity contribution in [2.24, 2.45) is 0 Å². The van der Waals surface area contributed by atoms with Crippen LogP contribution >= 0.6 is 0 Å². The van der Waals surface area contributed by atoms with Crippen molar-refractivity contribution in [1.82, 2.24) is 10.2 Å². The molecule has 0 radical (unpaired) electrons. The van der Waals surface area contributed by atoms with Gasteiger partial charge in [0.2, 0.25) is 0 Å². The zero-order valence-electron chi connectivity index (χ0n) is 16.0. The molecule has 1 saturated heterocycles. The Morgan fingerprint density at radius 1 is 1.00 bits per heavy atom. The van der Waals surface area contributed by atoms with E-state index in [4.69, 9.17) is 0 Å². The van der Waals surface area contributed by atoms with Crippen LogP contribution in [-0.4, -0.2) is 64.2 Å². The smallest absolute Gasteiger partial charge is 0.251 e. The number of benzene rings is 2. The van der Waals surface area contributed by atoms with Crippen LogP contribution in [-0.2, 0) is 0 Å². The first kappa shape index (κ1) is 19.2. The number of amides is 1. The van der Waals surface area contributed by atoms with Crippen LogP contribution in [0.15, 0.2) is 48.5 Å². The number of nitrogens with zero attached hydrogens (tertiary/aromatic N) is 3. The highest BCUT2D eigenvalue weighted by atomic mass is 19.1. The van der Waals surface area contributed by atoms with Crippen LogP contribution < -0.4 is 15.1 Å². The number of piperazine rings is 1. The highest BCUT2D eigenvalue weighted by molar-refractivity contribution is 5.94. The Morgan fingerprint density at radius 3 is 2.22 bits per heavy atom. The Morgan fingerprint density at radius 2 is 1.63 bits per heavy atom. The number of nitrogens with one attached hydrogen (secondary N) is 1. The second-order valence-electron chi connectivity index (χ2n) is 7.00. The van der Waals surface area contributed by atoms with Crippen LogP contribution in [0.3, 0.4) is 0 Å². The van der Waals surface area contributed by atoms with Gasteiger partial charge < -0.3 is 15.1 Å². The lowest BCUT2D eigenvalue weighted by molar-refractivity contribution is 0.0948. The predicted molar refractivity (Wildman–Crippen MR) is 108 cm³/mol. The SMILES string of the molecule is CN(C)c1ccc(C(=O)NCCN2CCN(c3ccc(F)cc3)CC2)cc1. The number of hydrogen-bond acceptors (Lipinski definition) is 4. The summed E-state index contributed by atoms with van der Waals surface area (Å²) in [6.45, 7) is 5.15. The molecule has 0 spiro atoms. The van der Waals surface area contributed by atoms with Crippen molar-refractivity contribution in [1.29, 1.82) is 0 Å². The monoisotopic (exact) mass is 370 g/mol. The zero-order valence-corrected chi connectivity index (χ0v) is 16.0. The van der Waals surface area contributed by atoms with E-state index in [2.05, 4.69) is 15.1 Å². The summed E-state index contributed by atoms with van der Waals surface area (Å²) in [5, 5.41) is 2.99. The maximum atomic E-state index is 13.0. The molecule has 0 aromatic heterocycles. The summed E-state index contributed by atoms with van der Waals surface area (Å²) < 4.78 is 13.0. The highest BCUT2D eigenvalue weighted by Crippen LogP contribution is 2.16. The van der Waals surface area contributed by atoms with Crippen molar-refractivity contribution in [2.45, 2.75) is 0 Å². The Balaban J connectivity index is 1.40. The van der Waals surface area contributed by atoms with Crippen molar-refractivity contribution >= 4 is 17.3 Å². The van der Waals surface area contributed by atoms with Gasteiger partial charge in [-0.1, -0.05) is 0 Å². The van der Waals surface area contributed by atoms with Gasteiger partial charge in [-0.15, -0.1) is 0 Å². The molecule has 0 aliphatic carbocycles. The van der Waals surface area contributed by atoms with Crippen molar-refractivity contribution < 1.29 is 9.18 Å². The fraction of sp³-hybridized carbons (Fsp3) is 0.381. The predicted octanol–water partition coefficient (Wildman–Crippen LogP) is 2.44. The van der Waals surface area contributed by atoms with E-state index in [1.807, 2.05) is 55.4 Å². The van der Waals surface area contributed by atoms with Gasteiger partial charge in [0.05, 0.1) is 0 Å². The van der Waals surface area contributed by atoms with E-state index < -0.39 is 0 Å². The summed E-state index contributed by atoms with van der Waals surface area (Å²) >= 11 is 0. The standard InChI is InChI=1S/C21H27FN4O/c1-24(2)19-7-3-17(4-8-19)21(27)23-11-12-25-13-15-26(16-14-25)20-9-5-18(22)6-10-20/h3-10H,11-16H2,1-2H3,(H,23,27). The fourth-order valence-electron chi connectivity index (χ4n) is 3.22. The molecular formula is C21H27FN4O. The van der Waals surface area contributed by atoms with E-state index in [-0.39, 0.29) is 11.7 Å². The molecule has 1 N–H and O–H groups in total. The van der Waals surface area contributed by atoms with Crippen molar-refractivity contribution in [3.8, 4) is 0 Å². The van der Waals surface area contributed by atoms with E-state index in [0.717, 1.165) is 44.1 Å². The van der Waals surface area contributed by atoms with Crippen LogP contribution in [0.25, 0.3) is 0 Å². The van der Waals surface area contributed by atoms with Gasteiger partial charge in [0.1, 0.15) is 5.82 Å². The summed E-state index contributed by atoms with van der Waals surface area (Å²) in [5.74, 6) is -0.241. The molecule has 0 saturated carbocycles. The van der Waals surface area contributed by atoms with E-state index in [0.29, 0.717) is 12.1 Å². The average molecular weight is 370 g/mol. The van der Waals surface area contributed by atoms with Crippen LogP contribution in [0.4, 0.5) is 15.8 Å². The second kappa shape index (κ2) is 8.86. The molecule has 0 unspecified atom stereocenters. The zero-order chi connectivity index (χ0) is 19.2. The third-order valence-corrected chi connectivity index (χ3v) is 4.92. The van der Waals surface area contributed by atoms with Crippen molar-refractivity contribution in [3.05, 3.63) is 59.9 Å². The fourth-order valence-corrected chi connectivity index (χ4v) is 3.22. The van der Waals surface area contributed by atoms with Gasteiger partial charge in [0.15, 0.2) is 0 Å². The molecule has 1 fully saturated rings. The van der Waals surface area contributed by atoms with Gasteiger partial charge in [-0.05, 0) is 48.5 Å². The number of carbonyl (C=O) groups excluding carboxylic acids is 1. The molecular weight excluding hydrogens is 343 g/mol. The van der Waals surface area contributed by atoms with Crippen LogP contribution in [0.2, 0.25) is 0 Å². The maximum Gasteiger partial charge on any atom is 0.251 e. The van der Waals surface area contributed by atoms with Crippen LogP contribution in [0.1, 0.15) is 10.4 Å². The van der Waals surface area contributed by atoms with Crippen LogP contribution in [0.5, 0.6) is 0 Å². The molecule has 1 heterocycles. The molecule has 2 aromatic rings. The molecule has 1 amide bonds. The third kappa shape index (κ3) is 5.20. The summed E-state index contributed by atoms with van der Waals surface area (Å²) in [6, 6.07) is 14.3. The molecule has 6 heteroatoms. The van der Waals surface area contributed by atoms with E-state index in [1.54, 1.807) is 0 Å². The first-order chi connectivity index (χ1) is 13.0. The summed E-state index contributed by atoms with van der Waals surface area (Å²) in [6.07, 6.45) is 0. The van der Waals surface area contributed by atoms with E-state index >= 15 is 0 Å². The average Bonchev–Trinajstić information content (AvgIpc) is 2.69. The molecule has 1 aliphatic heterocycles. The van der Waals surface area contributed by atoms with Gasteiger partial charge in [0, 0.05) is 70.3 Å².